The zero-order valence-electron chi connectivity index (χ0n) is 11.6. The molecule has 0 unspecified atom stereocenters. The first-order valence-corrected chi connectivity index (χ1v) is 7.52. The van der Waals surface area contributed by atoms with Crippen LogP contribution in [0.15, 0.2) is 30.3 Å². The van der Waals surface area contributed by atoms with Crippen molar-refractivity contribution in [1.82, 2.24) is 9.80 Å². The van der Waals surface area contributed by atoms with Gasteiger partial charge in [-0.2, -0.15) is 0 Å². The molecule has 4 fully saturated rings. The topological polar surface area (TPSA) is 32.8 Å². The third-order valence-electron chi connectivity index (χ3n) is 4.97. The minimum absolute atomic E-state index is 0.103. The minimum Gasteiger partial charge on any atom is -0.447 e. The van der Waals surface area contributed by atoms with E-state index in [0.717, 1.165) is 19.6 Å². The highest BCUT2D eigenvalue weighted by atomic mass is 16.6. The lowest BCUT2D eigenvalue weighted by atomic mass is 9.92. The first-order valence-electron chi connectivity index (χ1n) is 7.52. The van der Waals surface area contributed by atoms with Gasteiger partial charge in [0.05, 0.1) is 6.04 Å². The van der Waals surface area contributed by atoms with Gasteiger partial charge in [-0.1, -0.05) is 30.3 Å². The number of rotatable bonds is 2. The number of benzene rings is 1. The standard InChI is InChI=1S/C16H20N2O2/c19-16-18-10-13-6-7-14(15(18)11-20-16)17(9-13)8-12-4-2-1-3-5-12/h1-5,13-15H,6-11H2/t13-,14-,15+/m0/s1. The Morgan fingerprint density at radius 2 is 1.95 bits per heavy atom. The van der Waals surface area contributed by atoms with Crippen LogP contribution < -0.4 is 0 Å². The van der Waals surface area contributed by atoms with Crippen molar-refractivity contribution in [3.05, 3.63) is 35.9 Å². The van der Waals surface area contributed by atoms with Gasteiger partial charge in [-0.3, -0.25) is 9.80 Å². The Labute approximate surface area is 119 Å². The average Bonchev–Trinajstić information content (AvgIpc) is 2.67. The van der Waals surface area contributed by atoms with Gasteiger partial charge in [-0.25, -0.2) is 4.79 Å². The molecule has 106 valence electrons. The third-order valence-corrected chi connectivity index (χ3v) is 4.97. The molecule has 4 nitrogen and oxygen atoms in total. The van der Waals surface area contributed by atoms with Crippen LogP contribution in [0.3, 0.4) is 0 Å². The van der Waals surface area contributed by atoms with Gasteiger partial charge in [0.15, 0.2) is 0 Å². The Balaban J connectivity index is 1.58. The second-order valence-corrected chi connectivity index (χ2v) is 6.22. The van der Waals surface area contributed by atoms with Crippen LogP contribution in [0.4, 0.5) is 4.79 Å². The number of fused-ring (bicyclic) bond motifs is 2. The number of piperidine rings is 1. The van der Waals surface area contributed by atoms with Gasteiger partial charge >= 0.3 is 6.09 Å². The zero-order valence-corrected chi connectivity index (χ0v) is 11.6. The van der Waals surface area contributed by atoms with Crippen LogP contribution in [0.2, 0.25) is 0 Å². The van der Waals surface area contributed by atoms with Crippen molar-refractivity contribution in [2.45, 2.75) is 31.5 Å². The van der Waals surface area contributed by atoms with Crippen molar-refractivity contribution >= 4 is 6.09 Å². The lowest BCUT2D eigenvalue weighted by molar-refractivity contribution is 0.0939. The van der Waals surface area contributed by atoms with Crippen LogP contribution in [0.25, 0.3) is 0 Å². The molecule has 2 bridgehead atoms. The van der Waals surface area contributed by atoms with E-state index in [-0.39, 0.29) is 12.1 Å². The van der Waals surface area contributed by atoms with E-state index in [9.17, 15) is 4.79 Å². The molecule has 4 saturated heterocycles. The summed E-state index contributed by atoms with van der Waals surface area (Å²) in [4.78, 5) is 16.4. The number of amides is 1. The van der Waals surface area contributed by atoms with Crippen molar-refractivity contribution in [2.24, 2.45) is 5.92 Å². The van der Waals surface area contributed by atoms with Gasteiger partial charge in [0.2, 0.25) is 0 Å². The summed E-state index contributed by atoms with van der Waals surface area (Å²) in [5.74, 6) is 0.602. The van der Waals surface area contributed by atoms with E-state index in [0.29, 0.717) is 18.6 Å². The van der Waals surface area contributed by atoms with Crippen molar-refractivity contribution in [3.63, 3.8) is 0 Å². The van der Waals surface area contributed by atoms with Gasteiger partial charge < -0.3 is 4.74 Å². The second kappa shape index (κ2) is 4.77. The van der Waals surface area contributed by atoms with E-state index in [4.69, 9.17) is 4.74 Å². The molecule has 0 saturated carbocycles. The van der Waals surface area contributed by atoms with E-state index in [1.54, 1.807) is 0 Å². The fraction of sp³-hybridized carbons (Fsp3) is 0.562. The molecule has 20 heavy (non-hydrogen) atoms. The van der Waals surface area contributed by atoms with E-state index >= 15 is 0 Å². The Bertz CT molecular complexity index is 504. The lowest BCUT2D eigenvalue weighted by Crippen LogP contribution is -2.49. The fourth-order valence-corrected chi connectivity index (χ4v) is 4.00. The largest absolute Gasteiger partial charge is 0.447 e. The van der Waals surface area contributed by atoms with Gasteiger partial charge in [-0.15, -0.1) is 0 Å². The van der Waals surface area contributed by atoms with Gasteiger partial charge in [0.1, 0.15) is 6.61 Å². The van der Waals surface area contributed by atoms with Crippen molar-refractivity contribution in [3.8, 4) is 0 Å². The quantitative estimate of drug-likeness (QED) is 0.826. The number of carbonyl (C=O) groups excluding carboxylic acids is 1. The highest BCUT2D eigenvalue weighted by Crippen LogP contribution is 2.35. The van der Waals surface area contributed by atoms with Crippen LogP contribution in [0.5, 0.6) is 0 Å². The van der Waals surface area contributed by atoms with Crippen LogP contribution in [-0.4, -0.2) is 47.7 Å². The summed E-state index contributed by atoms with van der Waals surface area (Å²) in [5.41, 5.74) is 1.36. The first-order chi connectivity index (χ1) is 9.81. The third kappa shape index (κ3) is 1.99. The molecule has 4 heterocycles. The van der Waals surface area contributed by atoms with Crippen molar-refractivity contribution < 1.29 is 9.53 Å². The molecule has 3 atom stereocenters. The molecule has 0 N–H and O–H groups in total. The number of cyclic esters (lactones) is 1. The van der Waals surface area contributed by atoms with Crippen LogP contribution >= 0.6 is 0 Å². The van der Waals surface area contributed by atoms with E-state index < -0.39 is 0 Å². The Morgan fingerprint density at radius 3 is 2.80 bits per heavy atom. The predicted molar refractivity (Wildman–Crippen MR) is 75.2 cm³/mol. The van der Waals surface area contributed by atoms with E-state index in [1.807, 2.05) is 4.90 Å². The molecule has 1 aromatic carbocycles. The van der Waals surface area contributed by atoms with Crippen molar-refractivity contribution in [1.29, 1.82) is 0 Å². The Hall–Kier alpha value is -1.55. The van der Waals surface area contributed by atoms with Crippen LogP contribution in [-0.2, 0) is 11.3 Å². The summed E-state index contributed by atoms with van der Waals surface area (Å²) in [6.07, 6.45) is 2.33. The smallest absolute Gasteiger partial charge is 0.410 e. The summed E-state index contributed by atoms with van der Waals surface area (Å²) in [7, 11) is 0. The maximum atomic E-state index is 11.8. The highest BCUT2D eigenvalue weighted by Gasteiger charge is 2.47. The minimum atomic E-state index is -0.103. The zero-order chi connectivity index (χ0) is 13.5. The monoisotopic (exact) mass is 272 g/mol. The maximum absolute atomic E-state index is 11.8. The number of ether oxygens (including phenoxy) is 1. The second-order valence-electron chi connectivity index (χ2n) is 6.22. The van der Waals surface area contributed by atoms with Crippen LogP contribution in [0, 0.1) is 5.92 Å². The van der Waals surface area contributed by atoms with Gasteiger partial charge in [-0.05, 0) is 24.3 Å². The summed E-state index contributed by atoms with van der Waals surface area (Å²) < 4.78 is 5.27. The molecule has 1 aromatic rings. The van der Waals surface area contributed by atoms with Crippen molar-refractivity contribution in [2.75, 3.05) is 19.7 Å². The van der Waals surface area contributed by atoms with Gasteiger partial charge in [0.25, 0.3) is 0 Å². The average molecular weight is 272 g/mol. The molecule has 4 heteroatoms. The molecular formula is C16H20N2O2. The molecule has 1 amide bonds. The predicted octanol–water partition coefficient (Wildman–Crippen LogP) is 2.10. The normalized spacial score (nSPS) is 32.9. The van der Waals surface area contributed by atoms with Gasteiger partial charge in [0, 0.05) is 25.7 Å². The molecule has 4 aliphatic heterocycles. The molecule has 0 aromatic heterocycles. The fourth-order valence-electron chi connectivity index (χ4n) is 4.00. The first kappa shape index (κ1) is 12.2. The highest BCUT2D eigenvalue weighted by molar-refractivity contribution is 5.70. The number of nitrogens with zero attached hydrogens (tertiary/aromatic N) is 2. The number of hydrogen-bond acceptors (Lipinski definition) is 3. The molecule has 0 radical (unpaired) electrons. The summed E-state index contributed by atoms with van der Waals surface area (Å²) >= 11 is 0. The molecule has 0 spiro atoms. The summed E-state index contributed by atoms with van der Waals surface area (Å²) in [6, 6.07) is 11.3. The van der Waals surface area contributed by atoms with Crippen LogP contribution in [0.1, 0.15) is 18.4 Å². The molecule has 0 aliphatic carbocycles. The van der Waals surface area contributed by atoms with E-state index in [2.05, 4.69) is 35.2 Å². The number of hydrogen-bond donors (Lipinski definition) is 0. The summed E-state index contributed by atoms with van der Waals surface area (Å²) in [5, 5.41) is 0. The Morgan fingerprint density at radius 1 is 1.10 bits per heavy atom. The Kier molecular flexibility index (Phi) is 2.91. The number of carbonyl (C=O) groups is 1. The lowest BCUT2D eigenvalue weighted by Gasteiger charge is -2.38. The molecule has 4 aliphatic rings. The maximum Gasteiger partial charge on any atom is 0.410 e. The van der Waals surface area contributed by atoms with E-state index in [1.165, 1.54) is 18.4 Å². The summed E-state index contributed by atoms with van der Waals surface area (Å²) in [6.45, 7) is 3.55. The molecule has 5 rings (SSSR count). The molecular weight excluding hydrogens is 252 g/mol. The SMILES string of the molecule is O=C1OC[C@@H]2[C@@H]3CC[C@@H](CN3Cc3ccccc3)CN12.